The average Bonchev–Trinajstić information content (AvgIpc) is 3.64. The van der Waals surface area contributed by atoms with E-state index < -0.39 is 48.5 Å². The number of hydrogen-bond acceptors (Lipinski definition) is 15. The van der Waals surface area contributed by atoms with E-state index in [2.05, 4.69) is 50.9 Å². The highest BCUT2D eigenvalue weighted by molar-refractivity contribution is 7.66. The van der Waals surface area contributed by atoms with Gasteiger partial charge >= 0.3 is 15.6 Å². The summed E-state index contributed by atoms with van der Waals surface area (Å²) in [5.74, 6) is 5.68. The van der Waals surface area contributed by atoms with E-state index in [1.54, 1.807) is 0 Å². The van der Waals surface area contributed by atoms with Crippen molar-refractivity contribution in [3.8, 4) is 11.8 Å². The number of phosphoric acid groups is 3. The summed E-state index contributed by atoms with van der Waals surface area (Å²) >= 11 is 0. The summed E-state index contributed by atoms with van der Waals surface area (Å²) in [4.78, 5) is 59.4. The number of aryl methyl sites for hydroxylation is 1. The van der Waals surface area contributed by atoms with Crippen molar-refractivity contribution < 1.29 is 65.6 Å². The number of aliphatic hydroxyl groups is 1. The van der Waals surface area contributed by atoms with E-state index in [0.717, 1.165) is 21.8 Å². The second kappa shape index (κ2) is 15.9. The van der Waals surface area contributed by atoms with Crippen LogP contribution in [0, 0.1) is 11.8 Å². The van der Waals surface area contributed by atoms with Gasteiger partial charge < -0.3 is 56.5 Å². The number of aliphatic hydroxyl groups excluding tert-OH is 1. The second-order valence-electron chi connectivity index (χ2n) is 12.3. The number of carbonyl (C=O) groups is 1. The molecule has 292 valence electrons. The van der Waals surface area contributed by atoms with E-state index in [9.17, 15) is 38.3 Å². The maximum atomic E-state index is 12.8. The quantitative estimate of drug-likeness (QED) is 0.0271. The molecule has 6 atom stereocenters. The largest absolute Gasteiger partial charge is 0.756 e. The van der Waals surface area contributed by atoms with Gasteiger partial charge in [0.05, 0.1) is 30.2 Å². The minimum atomic E-state index is -5.83. The number of pyridine rings is 1. The number of nitrogens with two attached hydrogens (primary N) is 3. The molecular formula is C31H35N8O13P3. The third-order valence-corrected chi connectivity index (χ3v) is 12.1. The van der Waals surface area contributed by atoms with Crippen LogP contribution in [0.5, 0.6) is 0 Å². The number of fused-ring (bicyclic) bond motifs is 3. The van der Waals surface area contributed by atoms with Gasteiger partial charge in [-0.3, -0.25) is 13.9 Å². The molecule has 2 aromatic carbocycles. The molecular weight excluding hydrogens is 785 g/mol. The molecule has 3 aromatic heterocycles. The predicted octanol–water partition coefficient (Wildman–Crippen LogP) is 1.08. The van der Waals surface area contributed by atoms with E-state index in [0.29, 0.717) is 35.3 Å². The summed E-state index contributed by atoms with van der Waals surface area (Å²) in [7, 11) is -17.1. The van der Waals surface area contributed by atoms with Crippen LogP contribution in [0.25, 0.3) is 32.8 Å². The molecule has 1 aliphatic heterocycles. The van der Waals surface area contributed by atoms with Gasteiger partial charge in [0.25, 0.3) is 7.82 Å². The summed E-state index contributed by atoms with van der Waals surface area (Å²) in [6.45, 7) is -0.356. The lowest BCUT2D eigenvalue weighted by Gasteiger charge is -2.21. The standard InChI is InChI=1S/C31H35N8O13P3/c32-21-7-5-18-11-19-6-8-22(33)13-24(19)38(23(18)12-21)10-2-4-27(41)35-9-1-3-20-15-39(31-29(20)30(34)36-17-37-31)28-14-25(40)26(50-28)16-49-54(45,46)52-55(47,48)51-53(42,43)44/h5-8,11-13,15,17,25-26,28,40H,2,4,9-10,14,16H2,(H10,32,33,34,35,36,37,41,42,43,44,45,46,47,48)/t25-,26+,28+/m0/s1. The van der Waals surface area contributed by atoms with Crippen molar-refractivity contribution in [1.82, 2.24) is 19.9 Å². The third kappa shape index (κ3) is 9.84. The van der Waals surface area contributed by atoms with Crippen LogP contribution in [-0.4, -0.2) is 65.6 Å². The summed E-state index contributed by atoms with van der Waals surface area (Å²) in [5.41, 5.74) is 22.0. The van der Waals surface area contributed by atoms with Gasteiger partial charge in [0.2, 0.25) is 16.9 Å². The first-order valence-corrected chi connectivity index (χ1v) is 20.7. The number of aromatic nitrogens is 4. The van der Waals surface area contributed by atoms with Gasteiger partial charge in [0.1, 0.15) is 36.7 Å². The minimum Gasteiger partial charge on any atom is -0.756 e. The van der Waals surface area contributed by atoms with Crippen molar-refractivity contribution in [2.24, 2.45) is 0 Å². The van der Waals surface area contributed by atoms with Crippen molar-refractivity contribution in [2.45, 2.75) is 44.2 Å². The van der Waals surface area contributed by atoms with E-state index >= 15 is 0 Å². The van der Waals surface area contributed by atoms with Crippen LogP contribution in [0.3, 0.4) is 0 Å². The number of hydrogen-bond donors (Lipinski definition) is 8. The molecule has 55 heavy (non-hydrogen) atoms. The molecule has 1 fully saturated rings. The van der Waals surface area contributed by atoms with Crippen molar-refractivity contribution in [2.75, 3.05) is 30.4 Å². The smallest absolute Gasteiger partial charge is 0.487 e. The molecule has 1 aliphatic rings. The fourth-order valence-electron chi connectivity index (χ4n) is 6.06. The molecule has 5 aromatic rings. The third-order valence-electron chi connectivity index (χ3n) is 8.35. The van der Waals surface area contributed by atoms with Crippen molar-refractivity contribution >= 4 is 79.4 Å². The number of carbonyl (C=O) groups excluding carboxylic acids is 1. The number of nitrogens with one attached hydrogen (secondary N) is 1. The van der Waals surface area contributed by atoms with Crippen molar-refractivity contribution in [3.05, 3.63) is 60.6 Å². The van der Waals surface area contributed by atoms with Gasteiger partial charge in [-0.15, -0.1) is 0 Å². The van der Waals surface area contributed by atoms with Gasteiger partial charge in [0.15, 0.2) is 0 Å². The Hall–Kier alpha value is -4.51. The molecule has 3 unspecified atom stereocenters. The van der Waals surface area contributed by atoms with Crippen LogP contribution in [0.1, 0.15) is 31.1 Å². The van der Waals surface area contributed by atoms with Crippen LogP contribution in [-0.2, 0) is 42.9 Å². The maximum Gasteiger partial charge on any atom is 0.487 e. The number of amides is 1. The highest BCUT2D eigenvalue weighted by Gasteiger charge is 2.41. The first kappa shape index (κ1) is 40.2. The Labute approximate surface area is 311 Å². The van der Waals surface area contributed by atoms with Crippen molar-refractivity contribution in [1.29, 1.82) is 0 Å². The normalized spacial score (nSPS) is 20.4. The number of phosphoric ester groups is 1. The van der Waals surface area contributed by atoms with Gasteiger partial charge in [-0.05, 0) is 30.3 Å². The predicted molar refractivity (Wildman–Crippen MR) is 194 cm³/mol. The van der Waals surface area contributed by atoms with Gasteiger partial charge in [-0.1, -0.05) is 11.8 Å². The van der Waals surface area contributed by atoms with Crippen molar-refractivity contribution in [3.63, 3.8) is 0 Å². The first-order valence-electron chi connectivity index (χ1n) is 16.3. The fraction of sp³-hybridized carbons (Fsp3) is 0.290. The first-order chi connectivity index (χ1) is 25.9. The van der Waals surface area contributed by atoms with E-state index in [-0.39, 0.29) is 36.8 Å². The van der Waals surface area contributed by atoms with Gasteiger partial charge in [-0.2, -0.15) is 8.88 Å². The highest BCUT2D eigenvalue weighted by Crippen LogP contribution is 2.65. The number of benzene rings is 2. The van der Waals surface area contributed by atoms with E-state index in [1.165, 1.54) is 17.1 Å². The second-order valence-corrected chi connectivity index (χ2v) is 16.7. The molecule has 6 rings (SSSR count). The van der Waals surface area contributed by atoms with Crippen LogP contribution in [0.2, 0.25) is 0 Å². The number of ether oxygens (including phenoxy) is 1. The summed E-state index contributed by atoms with van der Waals surface area (Å²) in [5, 5.41) is 15.7. The maximum absolute atomic E-state index is 12.8. The Bertz CT molecular complexity index is 2440. The molecule has 0 bridgehead atoms. The molecule has 0 aliphatic carbocycles. The lowest BCUT2D eigenvalue weighted by molar-refractivity contribution is -0.645. The van der Waals surface area contributed by atoms with Gasteiger partial charge in [0, 0.05) is 59.7 Å². The number of rotatable bonds is 13. The van der Waals surface area contributed by atoms with Crippen LogP contribution >= 0.6 is 23.5 Å². The molecule has 11 N–H and O–H groups in total. The Morgan fingerprint density at radius 1 is 1.02 bits per heavy atom. The van der Waals surface area contributed by atoms with Crippen LogP contribution in [0.15, 0.2) is 55.0 Å². The monoisotopic (exact) mass is 820 g/mol. The summed E-state index contributed by atoms with van der Waals surface area (Å²) in [6.07, 6.45) is -0.208. The molecule has 24 heteroatoms. The summed E-state index contributed by atoms with van der Waals surface area (Å²) in [6, 6.07) is 13.4. The average molecular weight is 821 g/mol. The zero-order chi connectivity index (χ0) is 39.7. The van der Waals surface area contributed by atoms with E-state index in [1.807, 2.05) is 36.4 Å². The number of anilines is 3. The van der Waals surface area contributed by atoms with Crippen LogP contribution < -0.4 is 32.0 Å². The Morgan fingerprint density at radius 3 is 2.35 bits per heavy atom. The molecule has 4 heterocycles. The molecule has 0 spiro atoms. The number of nitrogen functional groups attached to an aromatic ring is 3. The Kier molecular flexibility index (Phi) is 11.6. The zero-order valence-electron chi connectivity index (χ0n) is 28.5. The molecule has 1 amide bonds. The lowest BCUT2D eigenvalue weighted by Crippen LogP contribution is -2.36. The molecule has 0 saturated carbocycles. The lowest BCUT2D eigenvalue weighted by atomic mass is 10.1. The molecule has 1 saturated heterocycles. The Balaban J connectivity index is 1.08. The zero-order valence-corrected chi connectivity index (χ0v) is 31.2. The SMILES string of the molecule is Nc1ccc2cc3ccc(N)cc3[n+](CCCC(=O)NCC#Cc3cn([C@H]4C[C@H](O)[C@@H](COP(=O)(O)OP(=O)(O)OP(=O)([O-])O)O4)c4ncnc(N)c34)c2c1. The summed E-state index contributed by atoms with van der Waals surface area (Å²) < 4.78 is 55.7. The molecule has 21 nitrogen and oxygen atoms in total. The fourth-order valence-corrected chi connectivity index (χ4v) is 9.06. The number of nitrogens with zero attached hydrogens (tertiary/aromatic N) is 4. The Morgan fingerprint density at radius 2 is 1.69 bits per heavy atom. The van der Waals surface area contributed by atoms with E-state index in [4.69, 9.17) is 26.8 Å². The molecule has 0 radical (unpaired) electrons. The highest BCUT2D eigenvalue weighted by atomic mass is 31.3. The van der Waals surface area contributed by atoms with Crippen LogP contribution in [0.4, 0.5) is 17.2 Å². The topological polar surface area (TPSA) is 334 Å². The van der Waals surface area contributed by atoms with Gasteiger partial charge in [-0.25, -0.2) is 23.4 Å². The minimum absolute atomic E-state index is 0.00562.